The lowest BCUT2D eigenvalue weighted by Crippen LogP contribution is -2.42. The van der Waals surface area contributed by atoms with Crippen LogP contribution in [0.1, 0.15) is 44.1 Å². The predicted molar refractivity (Wildman–Crippen MR) is 98.7 cm³/mol. The van der Waals surface area contributed by atoms with Gasteiger partial charge in [-0.2, -0.15) is 11.3 Å². The number of thiophene rings is 1. The lowest BCUT2D eigenvalue weighted by atomic mass is 9.73. The Kier molecular flexibility index (Phi) is 4.14. The Hall–Kier alpha value is -0.910. The van der Waals surface area contributed by atoms with Gasteiger partial charge in [-0.05, 0) is 48.1 Å². The number of ether oxygens (including phenoxy) is 1. The van der Waals surface area contributed by atoms with E-state index in [9.17, 15) is 4.79 Å². The lowest BCUT2D eigenvalue weighted by molar-refractivity contribution is -0.120. The Morgan fingerprint density at radius 3 is 3.04 bits per heavy atom. The van der Waals surface area contributed by atoms with Gasteiger partial charge in [-0.3, -0.25) is 9.69 Å². The molecule has 4 atom stereocenters. The van der Waals surface area contributed by atoms with Gasteiger partial charge in [0.2, 0.25) is 5.91 Å². The fourth-order valence-corrected chi connectivity index (χ4v) is 6.59. The average Bonchev–Trinajstić information content (AvgIpc) is 3.37. The number of hydrogen-bond acceptors (Lipinski definition) is 4. The summed E-state index contributed by atoms with van der Waals surface area (Å²) < 4.78 is 6.53. The minimum absolute atomic E-state index is 0.107. The fourth-order valence-electron chi connectivity index (χ4n) is 5.92. The maximum absolute atomic E-state index is 12.3. The van der Waals surface area contributed by atoms with Gasteiger partial charge in [-0.15, -0.1) is 0 Å². The van der Waals surface area contributed by atoms with Gasteiger partial charge >= 0.3 is 0 Å². The first-order chi connectivity index (χ1) is 12.2. The number of carbonyl (C=O) groups is 1. The second-order valence-electron chi connectivity index (χ2n) is 8.51. The highest BCUT2D eigenvalue weighted by molar-refractivity contribution is 7.07. The second kappa shape index (κ2) is 6.36. The molecule has 4 nitrogen and oxygen atoms in total. The Morgan fingerprint density at radius 2 is 2.24 bits per heavy atom. The van der Waals surface area contributed by atoms with Crippen molar-refractivity contribution >= 4 is 17.2 Å². The summed E-state index contributed by atoms with van der Waals surface area (Å²) in [5, 5.41) is 7.30. The highest BCUT2D eigenvalue weighted by Crippen LogP contribution is 2.55. The molecule has 0 aromatic carbocycles. The van der Waals surface area contributed by atoms with Crippen molar-refractivity contribution in [3.8, 4) is 0 Å². The molecule has 1 spiro atoms. The van der Waals surface area contributed by atoms with Crippen LogP contribution in [0.15, 0.2) is 16.8 Å². The zero-order chi connectivity index (χ0) is 16.9. The fraction of sp³-hybridized carbons (Fsp3) is 0.750. The molecule has 5 rings (SSSR count). The Balaban J connectivity index is 1.21. The summed E-state index contributed by atoms with van der Waals surface area (Å²) in [5.74, 6) is 1.28. The van der Waals surface area contributed by atoms with E-state index in [1.807, 2.05) is 11.4 Å². The number of fused-ring (bicyclic) bond motifs is 1. The van der Waals surface area contributed by atoms with E-state index >= 15 is 0 Å². The molecule has 1 amide bonds. The van der Waals surface area contributed by atoms with E-state index in [-0.39, 0.29) is 11.5 Å². The van der Waals surface area contributed by atoms with Crippen LogP contribution in [0.3, 0.4) is 0 Å². The number of hydrogen-bond donors (Lipinski definition) is 1. The van der Waals surface area contributed by atoms with Gasteiger partial charge < -0.3 is 10.1 Å². The molecule has 1 N–H and O–H groups in total. The van der Waals surface area contributed by atoms with Gasteiger partial charge in [0.1, 0.15) is 0 Å². The maximum atomic E-state index is 12.3. The molecular formula is C20H28N2O2S. The van der Waals surface area contributed by atoms with Crippen molar-refractivity contribution in [1.82, 2.24) is 10.2 Å². The van der Waals surface area contributed by atoms with Gasteiger partial charge in [0, 0.05) is 37.5 Å². The van der Waals surface area contributed by atoms with Crippen molar-refractivity contribution in [3.05, 3.63) is 22.4 Å². The molecule has 1 saturated carbocycles. The molecule has 136 valence electrons. The van der Waals surface area contributed by atoms with E-state index in [1.54, 1.807) is 11.3 Å². The third kappa shape index (κ3) is 2.84. The summed E-state index contributed by atoms with van der Waals surface area (Å²) >= 11 is 1.65. The Bertz CT molecular complexity index is 628. The van der Waals surface area contributed by atoms with Crippen molar-refractivity contribution in [2.75, 3.05) is 19.6 Å². The molecule has 25 heavy (non-hydrogen) atoms. The molecule has 4 heterocycles. The average molecular weight is 361 g/mol. The summed E-state index contributed by atoms with van der Waals surface area (Å²) in [6, 6.07) is 2.83. The standard InChI is InChI=1S/C20H28N2O2S/c23-19(9-14-6-8-25-12-14)21-10-16-17-11-22(15-3-1-2-4-15)13-20(17)7-5-18(16)24-20/h6,8,12,15-18H,1-5,7,9-11,13H2,(H,21,23)/t16-,17+,18+,20+/m0/s1. The summed E-state index contributed by atoms with van der Waals surface area (Å²) in [5.41, 5.74) is 1.23. The van der Waals surface area contributed by atoms with Crippen molar-refractivity contribution < 1.29 is 9.53 Å². The molecule has 3 saturated heterocycles. The Labute approximate surface area is 153 Å². The molecular weight excluding hydrogens is 332 g/mol. The molecule has 0 radical (unpaired) electrons. The first-order valence-electron chi connectivity index (χ1n) is 9.93. The monoisotopic (exact) mass is 360 g/mol. The normalized spacial score (nSPS) is 37.7. The molecule has 4 aliphatic rings. The first-order valence-corrected chi connectivity index (χ1v) is 10.9. The summed E-state index contributed by atoms with van der Waals surface area (Å²) in [6.07, 6.45) is 8.81. The highest BCUT2D eigenvalue weighted by Gasteiger charge is 2.63. The summed E-state index contributed by atoms with van der Waals surface area (Å²) in [6.45, 7) is 3.11. The second-order valence-corrected chi connectivity index (χ2v) is 9.29. The zero-order valence-corrected chi connectivity index (χ0v) is 15.6. The minimum atomic E-state index is 0.107. The number of nitrogens with zero attached hydrogens (tertiary/aromatic N) is 1. The lowest BCUT2D eigenvalue weighted by Gasteiger charge is -2.29. The van der Waals surface area contributed by atoms with Crippen LogP contribution in [-0.2, 0) is 16.0 Å². The van der Waals surface area contributed by atoms with Crippen LogP contribution in [0.5, 0.6) is 0 Å². The molecule has 2 bridgehead atoms. The van der Waals surface area contributed by atoms with Crippen LogP contribution < -0.4 is 5.32 Å². The van der Waals surface area contributed by atoms with E-state index in [4.69, 9.17) is 4.74 Å². The van der Waals surface area contributed by atoms with Crippen LogP contribution in [0.4, 0.5) is 0 Å². The number of nitrogens with one attached hydrogen (secondary N) is 1. The van der Waals surface area contributed by atoms with Gasteiger partial charge in [0.25, 0.3) is 0 Å². The molecule has 4 fully saturated rings. The van der Waals surface area contributed by atoms with Crippen LogP contribution in [0.25, 0.3) is 0 Å². The van der Waals surface area contributed by atoms with Gasteiger partial charge in [-0.25, -0.2) is 0 Å². The van der Waals surface area contributed by atoms with Crippen LogP contribution in [0, 0.1) is 11.8 Å². The quantitative estimate of drug-likeness (QED) is 0.878. The molecule has 1 aliphatic carbocycles. The molecule has 3 aliphatic heterocycles. The molecule has 0 unspecified atom stereocenters. The molecule has 1 aromatic heterocycles. The van der Waals surface area contributed by atoms with Gasteiger partial charge in [0.05, 0.1) is 18.1 Å². The van der Waals surface area contributed by atoms with Crippen molar-refractivity contribution in [3.63, 3.8) is 0 Å². The van der Waals surface area contributed by atoms with E-state index in [0.717, 1.165) is 24.7 Å². The van der Waals surface area contributed by atoms with Crippen LogP contribution in [-0.4, -0.2) is 48.2 Å². The van der Waals surface area contributed by atoms with E-state index < -0.39 is 0 Å². The van der Waals surface area contributed by atoms with Crippen molar-refractivity contribution in [1.29, 1.82) is 0 Å². The highest BCUT2D eigenvalue weighted by atomic mass is 32.1. The zero-order valence-electron chi connectivity index (χ0n) is 14.8. The maximum Gasteiger partial charge on any atom is 0.224 e. The van der Waals surface area contributed by atoms with Crippen LogP contribution in [0.2, 0.25) is 0 Å². The van der Waals surface area contributed by atoms with E-state index in [1.165, 1.54) is 45.1 Å². The molecule has 5 heteroatoms. The third-order valence-corrected chi connectivity index (χ3v) is 7.86. The smallest absolute Gasteiger partial charge is 0.224 e. The molecule has 1 aromatic rings. The van der Waals surface area contributed by atoms with E-state index in [0.29, 0.717) is 24.4 Å². The van der Waals surface area contributed by atoms with E-state index in [2.05, 4.69) is 15.6 Å². The third-order valence-electron chi connectivity index (χ3n) is 7.13. The first kappa shape index (κ1) is 16.3. The number of amides is 1. The number of rotatable bonds is 5. The topological polar surface area (TPSA) is 41.6 Å². The Morgan fingerprint density at radius 1 is 1.36 bits per heavy atom. The number of carbonyl (C=O) groups excluding carboxylic acids is 1. The SMILES string of the molecule is O=C(Cc1ccsc1)NC[C@H]1[C@H]2CN(C3CCCC3)C[C@]23CC[C@H]1O3. The predicted octanol–water partition coefficient (Wildman–Crippen LogP) is 2.83. The summed E-state index contributed by atoms with van der Waals surface area (Å²) in [7, 11) is 0. The van der Waals surface area contributed by atoms with Gasteiger partial charge in [-0.1, -0.05) is 12.8 Å². The van der Waals surface area contributed by atoms with Gasteiger partial charge in [0.15, 0.2) is 0 Å². The van der Waals surface area contributed by atoms with Crippen molar-refractivity contribution in [2.45, 2.75) is 62.7 Å². The van der Waals surface area contributed by atoms with Crippen LogP contribution >= 0.6 is 11.3 Å². The largest absolute Gasteiger partial charge is 0.370 e. The minimum Gasteiger partial charge on any atom is -0.370 e. The summed E-state index contributed by atoms with van der Waals surface area (Å²) in [4.78, 5) is 15.0. The van der Waals surface area contributed by atoms with Crippen molar-refractivity contribution in [2.24, 2.45) is 11.8 Å². The number of likely N-dealkylation sites (tertiary alicyclic amines) is 1.